The molecule has 5 nitrogen and oxygen atoms in total. The van der Waals surface area contributed by atoms with Gasteiger partial charge in [0, 0.05) is 11.8 Å². The second-order valence-corrected chi connectivity index (χ2v) is 5.76. The molecule has 0 radical (unpaired) electrons. The maximum atomic E-state index is 11.3. The molecular formula is C20H18N2O3. The van der Waals surface area contributed by atoms with Crippen LogP contribution in [0.2, 0.25) is 0 Å². The summed E-state index contributed by atoms with van der Waals surface area (Å²) in [5, 5.41) is 9.84. The van der Waals surface area contributed by atoms with Crippen molar-refractivity contribution in [2.24, 2.45) is 0 Å². The summed E-state index contributed by atoms with van der Waals surface area (Å²) in [5.74, 6) is 1.56. The average molecular weight is 334 g/mol. The van der Waals surface area contributed by atoms with Gasteiger partial charge in [-0.2, -0.15) is 0 Å². The van der Waals surface area contributed by atoms with Gasteiger partial charge in [-0.05, 0) is 56.3 Å². The van der Waals surface area contributed by atoms with Crippen molar-refractivity contribution >= 4 is 5.78 Å². The molecule has 0 aliphatic carbocycles. The summed E-state index contributed by atoms with van der Waals surface area (Å²) >= 11 is 0. The van der Waals surface area contributed by atoms with Gasteiger partial charge in [0.05, 0.1) is 5.69 Å². The molecule has 5 heteroatoms. The largest absolute Gasteiger partial charge is 0.457 e. The molecule has 3 rings (SSSR count). The van der Waals surface area contributed by atoms with Gasteiger partial charge < -0.3 is 9.84 Å². The highest BCUT2D eigenvalue weighted by atomic mass is 16.5. The van der Waals surface area contributed by atoms with Crippen molar-refractivity contribution in [3.8, 4) is 22.9 Å². The third-order valence-electron chi connectivity index (χ3n) is 3.71. The Hall–Kier alpha value is -3.05. The molecule has 1 heterocycles. The highest BCUT2D eigenvalue weighted by Gasteiger charge is 2.15. The predicted octanol–water partition coefficient (Wildman–Crippen LogP) is 3.87. The fraction of sp³-hybridized carbons (Fsp3) is 0.150. The first-order chi connectivity index (χ1) is 12.0. The van der Waals surface area contributed by atoms with Gasteiger partial charge >= 0.3 is 0 Å². The molecule has 0 amide bonds. The van der Waals surface area contributed by atoms with E-state index in [4.69, 9.17) is 4.74 Å². The van der Waals surface area contributed by atoms with Crippen LogP contribution in [0.25, 0.3) is 11.4 Å². The zero-order chi connectivity index (χ0) is 17.8. The number of hydrogen-bond acceptors (Lipinski definition) is 5. The Labute approximate surface area is 146 Å². The zero-order valence-corrected chi connectivity index (χ0v) is 14.0. The van der Waals surface area contributed by atoms with Gasteiger partial charge in [-0.25, -0.2) is 9.97 Å². The van der Waals surface area contributed by atoms with Gasteiger partial charge in [0.2, 0.25) is 0 Å². The number of benzene rings is 2. The summed E-state index contributed by atoms with van der Waals surface area (Å²) in [4.78, 5) is 19.8. The smallest absolute Gasteiger partial charge is 0.164 e. The lowest BCUT2D eigenvalue weighted by molar-refractivity contribution is -0.125. The van der Waals surface area contributed by atoms with Crippen molar-refractivity contribution < 1.29 is 14.6 Å². The zero-order valence-electron chi connectivity index (χ0n) is 14.0. The van der Waals surface area contributed by atoms with Gasteiger partial charge in [0.1, 0.15) is 11.5 Å². The number of aliphatic hydroxyl groups excluding tert-OH is 1. The minimum Gasteiger partial charge on any atom is -0.457 e. The van der Waals surface area contributed by atoms with Crippen molar-refractivity contribution in [3.05, 3.63) is 72.1 Å². The average Bonchev–Trinajstić information content (AvgIpc) is 2.63. The van der Waals surface area contributed by atoms with E-state index in [9.17, 15) is 9.90 Å². The van der Waals surface area contributed by atoms with E-state index in [2.05, 4.69) is 9.97 Å². The number of carbonyl (C=O) groups is 1. The Kier molecular flexibility index (Phi) is 4.86. The van der Waals surface area contributed by atoms with Crippen molar-refractivity contribution in [1.82, 2.24) is 9.97 Å². The van der Waals surface area contributed by atoms with Crippen LogP contribution in [0.1, 0.15) is 24.3 Å². The number of rotatable bonds is 5. The topological polar surface area (TPSA) is 72.3 Å². The minimum atomic E-state index is -1.23. The van der Waals surface area contributed by atoms with Gasteiger partial charge in [0.25, 0.3) is 0 Å². The number of aliphatic hydroxyl groups is 1. The first-order valence-electron chi connectivity index (χ1n) is 7.89. The summed E-state index contributed by atoms with van der Waals surface area (Å²) < 4.78 is 5.79. The molecule has 0 aliphatic rings. The summed E-state index contributed by atoms with van der Waals surface area (Å²) in [6.07, 6.45) is 0.298. The summed E-state index contributed by atoms with van der Waals surface area (Å²) in [6, 6.07) is 16.7. The Morgan fingerprint density at radius 2 is 1.60 bits per heavy atom. The van der Waals surface area contributed by atoms with E-state index < -0.39 is 6.10 Å². The normalized spacial score (nSPS) is 11.8. The van der Waals surface area contributed by atoms with Crippen LogP contribution in [-0.4, -0.2) is 20.9 Å². The molecule has 1 N–H and O–H groups in total. The molecule has 3 aromatic rings. The molecule has 1 atom stereocenters. The number of ether oxygens (including phenoxy) is 1. The highest BCUT2D eigenvalue weighted by Crippen LogP contribution is 2.25. The van der Waals surface area contributed by atoms with Crippen LogP contribution >= 0.6 is 0 Å². The Bertz CT molecular complexity index is 874. The third kappa shape index (κ3) is 4.08. The second kappa shape index (κ2) is 7.23. The van der Waals surface area contributed by atoms with Gasteiger partial charge in [-0.1, -0.05) is 17.7 Å². The number of nitrogens with zero attached hydrogens (tertiary/aromatic N) is 2. The van der Waals surface area contributed by atoms with Gasteiger partial charge in [-0.3, -0.25) is 4.79 Å². The fourth-order valence-corrected chi connectivity index (χ4v) is 2.29. The van der Waals surface area contributed by atoms with Gasteiger partial charge in [-0.15, -0.1) is 0 Å². The minimum absolute atomic E-state index is 0.289. The maximum Gasteiger partial charge on any atom is 0.164 e. The fourth-order valence-electron chi connectivity index (χ4n) is 2.29. The van der Waals surface area contributed by atoms with Crippen molar-refractivity contribution in [3.63, 3.8) is 0 Å². The monoisotopic (exact) mass is 334 g/mol. The number of aryl methyl sites for hydroxylation is 1. The quantitative estimate of drug-likeness (QED) is 0.767. The van der Waals surface area contributed by atoms with E-state index >= 15 is 0 Å². The van der Waals surface area contributed by atoms with Crippen LogP contribution in [0, 0.1) is 6.92 Å². The van der Waals surface area contributed by atoms with Crippen molar-refractivity contribution in [1.29, 1.82) is 0 Å². The molecule has 0 unspecified atom stereocenters. The summed E-state index contributed by atoms with van der Waals surface area (Å²) in [6.45, 7) is 3.35. The molecule has 0 fully saturated rings. The summed E-state index contributed by atoms with van der Waals surface area (Å²) in [5.41, 5.74) is 2.24. The van der Waals surface area contributed by atoms with E-state index in [0.717, 1.165) is 11.3 Å². The molecule has 0 saturated heterocycles. The molecule has 2 aromatic carbocycles. The molecular weight excluding hydrogens is 316 g/mol. The number of carbonyl (C=O) groups excluding carboxylic acids is 1. The maximum absolute atomic E-state index is 11.3. The van der Waals surface area contributed by atoms with Crippen LogP contribution in [0.3, 0.4) is 0 Å². The Morgan fingerprint density at radius 1 is 1.00 bits per heavy atom. The number of hydrogen-bond donors (Lipinski definition) is 1. The second-order valence-electron chi connectivity index (χ2n) is 5.76. The molecule has 0 bridgehead atoms. The van der Waals surface area contributed by atoms with Crippen LogP contribution in [0.5, 0.6) is 11.5 Å². The molecule has 126 valence electrons. The van der Waals surface area contributed by atoms with E-state index in [1.54, 1.807) is 0 Å². The Morgan fingerprint density at radius 3 is 2.20 bits per heavy atom. The SMILES string of the molecule is CC(=O)[C@H](O)c1ccnc(-c2ccc(Oc3ccc(C)cc3)cc2)n1. The van der Waals surface area contributed by atoms with Crippen LogP contribution in [-0.2, 0) is 4.79 Å². The lowest BCUT2D eigenvalue weighted by atomic mass is 10.1. The molecule has 0 aliphatic heterocycles. The molecule has 0 spiro atoms. The third-order valence-corrected chi connectivity index (χ3v) is 3.71. The molecule has 25 heavy (non-hydrogen) atoms. The predicted molar refractivity (Wildman–Crippen MR) is 94.4 cm³/mol. The Balaban J connectivity index is 1.79. The summed E-state index contributed by atoms with van der Waals surface area (Å²) in [7, 11) is 0. The lowest BCUT2D eigenvalue weighted by Gasteiger charge is -2.09. The van der Waals surface area contributed by atoms with Crippen LogP contribution < -0.4 is 4.74 Å². The van der Waals surface area contributed by atoms with E-state index in [0.29, 0.717) is 11.6 Å². The van der Waals surface area contributed by atoms with Crippen LogP contribution in [0.4, 0.5) is 0 Å². The molecule has 1 aromatic heterocycles. The number of aromatic nitrogens is 2. The number of ketones is 1. The first-order valence-corrected chi connectivity index (χ1v) is 7.89. The van der Waals surface area contributed by atoms with Crippen molar-refractivity contribution in [2.45, 2.75) is 20.0 Å². The van der Waals surface area contributed by atoms with E-state index in [1.807, 2.05) is 55.5 Å². The highest BCUT2D eigenvalue weighted by molar-refractivity contribution is 5.81. The number of Topliss-reactive ketones (excluding diaryl/α,β-unsaturated/α-hetero) is 1. The van der Waals surface area contributed by atoms with E-state index in [1.165, 1.54) is 24.8 Å². The van der Waals surface area contributed by atoms with Crippen molar-refractivity contribution in [2.75, 3.05) is 0 Å². The first kappa shape index (κ1) is 16.8. The van der Waals surface area contributed by atoms with Crippen LogP contribution in [0.15, 0.2) is 60.8 Å². The van der Waals surface area contributed by atoms with E-state index in [-0.39, 0.29) is 11.5 Å². The van der Waals surface area contributed by atoms with Gasteiger partial charge in [0.15, 0.2) is 17.7 Å². The standard InChI is InChI=1S/C20H18N2O3/c1-13-3-7-16(8-4-13)25-17-9-5-15(6-10-17)20-21-12-11-18(22-20)19(24)14(2)23/h3-12,19,24H,1-2H3/t19-/m0/s1. The lowest BCUT2D eigenvalue weighted by Crippen LogP contribution is -2.10. The molecule has 0 saturated carbocycles.